The van der Waals surface area contributed by atoms with Crippen LogP contribution in [-0.2, 0) is 0 Å². The van der Waals surface area contributed by atoms with E-state index < -0.39 is 0 Å². The van der Waals surface area contributed by atoms with Crippen LogP contribution in [0, 0.1) is 0 Å². The maximum atomic E-state index is 11.8. The van der Waals surface area contributed by atoms with Gasteiger partial charge < -0.3 is 10.1 Å². The Labute approximate surface area is 120 Å². The molecular weight excluding hydrogens is 349 g/mol. The zero-order valence-corrected chi connectivity index (χ0v) is 13.0. The largest absolute Gasteiger partial charge is 0.495 e. The molecule has 0 bridgehead atoms. The van der Waals surface area contributed by atoms with Gasteiger partial charge in [0.05, 0.1) is 7.11 Å². The highest BCUT2D eigenvalue weighted by molar-refractivity contribution is 14.1. The molecule has 0 fully saturated rings. The van der Waals surface area contributed by atoms with Gasteiger partial charge in [0.2, 0.25) is 0 Å². The van der Waals surface area contributed by atoms with E-state index >= 15 is 0 Å². The van der Waals surface area contributed by atoms with Gasteiger partial charge in [0.15, 0.2) is 0 Å². The lowest BCUT2D eigenvalue weighted by molar-refractivity contribution is 0.0954. The predicted octanol–water partition coefficient (Wildman–Crippen LogP) is 3.48. The molecule has 0 saturated carbocycles. The first-order valence-electron chi connectivity index (χ1n) is 5.75. The quantitative estimate of drug-likeness (QED) is 0.434. The molecule has 0 spiro atoms. The van der Waals surface area contributed by atoms with Gasteiger partial charge in [-0.05, 0) is 28.7 Å². The summed E-state index contributed by atoms with van der Waals surface area (Å²) in [6, 6.07) is 1.82. The molecule has 1 aromatic rings. The number of thiophene rings is 1. The van der Waals surface area contributed by atoms with Crippen LogP contribution in [0.25, 0.3) is 0 Å². The Hall–Kier alpha value is -0.300. The summed E-state index contributed by atoms with van der Waals surface area (Å²) in [5.74, 6) is 0.642. The van der Waals surface area contributed by atoms with E-state index in [1.807, 2.05) is 11.4 Å². The van der Waals surface area contributed by atoms with Gasteiger partial charge in [0.25, 0.3) is 5.91 Å². The molecule has 1 heterocycles. The van der Waals surface area contributed by atoms with Crippen molar-refractivity contribution in [3.8, 4) is 5.75 Å². The number of alkyl halides is 1. The lowest BCUT2D eigenvalue weighted by Gasteiger charge is -2.05. The second-order valence-corrected chi connectivity index (χ2v) is 5.67. The topological polar surface area (TPSA) is 38.3 Å². The van der Waals surface area contributed by atoms with Crippen molar-refractivity contribution in [3.63, 3.8) is 0 Å². The number of carbonyl (C=O) groups is 1. The van der Waals surface area contributed by atoms with Crippen molar-refractivity contribution < 1.29 is 9.53 Å². The van der Waals surface area contributed by atoms with Gasteiger partial charge in [0, 0.05) is 6.54 Å². The summed E-state index contributed by atoms with van der Waals surface area (Å²) < 4.78 is 6.33. The molecule has 0 atom stereocenters. The fraction of sp³-hybridized carbons (Fsp3) is 0.583. The lowest BCUT2D eigenvalue weighted by atomic mass is 10.2. The molecule has 0 aromatic carbocycles. The van der Waals surface area contributed by atoms with Crippen LogP contribution in [0.2, 0.25) is 0 Å². The SMILES string of the molecule is COc1ccsc1C(=O)NCCCCCCI. The monoisotopic (exact) mass is 367 g/mol. The van der Waals surface area contributed by atoms with Crippen molar-refractivity contribution in [1.29, 1.82) is 0 Å². The molecule has 17 heavy (non-hydrogen) atoms. The number of methoxy groups -OCH3 is 1. The number of unbranched alkanes of at least 4 members (excludes halogenated alkanes) is 3. The van der Waals surface area contributed by atoms with Crippen LogP contribution in [0.4, 0.5) is 0 Å². The van der Waals surface area contributed by atoms with Crippen LogP contribution in [-0.4, -0.2) is 24.0 Å². The number of rotatable bonds is 8. The first-order chi connectivity index (χ1) is 8.29. The summed E-state index contributed by atoms with van der Waals surface area (Å²) in [6.07, 6.45) is 4.76. The highest BCUT2D eigenvalue weighted by atomic mass is 127. The summed E-state index contributed by atoms with van der Waals surface area (Å²) in [4.78, 5) is 12.5. The summed E-state index contributed by atoms with van der Waals surface area (Å²) in [6.45, 7) is 0.751. The fourth-order valence-electron chi connectivity index (χ4n) is 1.48. The zero-order valence-electron chi connectivity index (χ0n) is 10.0. The number of halogens is 1. The van der Waals surface area contributed by atoms with Gasteiger partial charge >= 0.3 is 0 Å². The summed E-state index contributed by atoms with van der Waals surface area (Å²) in [5.41, 5.74) is 0. The molecule has 1 N–H and O–H groups in total. The standard InChI is InChI=1S/C12H18INO2S/c1-16-10-6-9-17-11(10)12(15)14-8-5-3-2-4-7-13/h6,9H,2-5,7-8H2,1H3,(H,14,15). The van der Waals surface area contributed by atoms with Gasteiger partial charge in [-0.1, -0.05) is 35.4 Å². The van der Waals surface area contributed by atoms with E-state index in [-0.39, 0.29) is 5.91 Å². The van der Waals surface area contributed by atoms with Gasteiger partial charge in [-0.2, -0.15) is 0 Å². The maximum Gasteiger partial charge on any atom is 0.265 e. The number of ether oxygens (including phenoxy) is 1. The highest BCUT2D eigenvalue weighted by Crippen LogP contribution is 2.23. The second-order valence-electron chi connectivity index (χ2n) is 3.68. The smallest absolute Gasteiger partial charge is 0.265 e. The van der Waals surface area contributed by atoms with Crippen molar-refractivity contribution >= 4 is 39.8 Å². The van der Waals surface area contributed by atoms with Crippen molar-refractivity contribution in [2.75, 3.05) is 18.1 Å². The molecule has 0 aliphatic carbocycles. The zero-order chi connectivity index (χ0) is 12.5. The molecule has 0 saturated heterocycles. The van der Waals surface area contributed by atoms with Crippen LogP contribution < -0.4 is 10.1 Å². The van der Waals surface area contributed by atoms with Crippen LogP contribution in [0.3, 0.4) is 0 Å². The van der Waals surface area contributed by atoms with Crippen LogP contribution in [0.1, 0.15) is 35.4 Å². The molecule has 0 unspecified atom stereocenters. The van der Waals surface area contributed by atoms with E-state index in [0.29, 0.717) is 10.6 Å². The molecular formula is C12H18INO2S. The number of amides is 1. The number of nitrogens with one attached hydrogen (secondary N) is 1. The third kappa shape index (κ3) is 5.25. The van der Waals surface area contributed by atoms with Crippen LogP contribution in [0.5, 0.6) is 5.75 Å². The minimum absolute atomic E-state index is 0.0225. The van der Waals surface area contributed by atoms with E-state index in [0.717, 1.165) is 13.0 Å². The predicted molar refractivity (Wildman–Crippen MR) is 80.6 cm³/mol. The molecule has 1 aromatic heterocycles. The first kappa shape index (κ1) is 14.8. The molecule has 96 valence electrons. The Morgan fingerprint density at radius 2 is 2.18 bits per heavy atom. The van der Waals surface area contributed by atoms with E-state index in [4.69, 9.17) is 4.74 Å². The molecule has 0 aliphatic heterocycles. The Bertz CT molecular complexity index is 341. The van der Waals surface area contributed by atoms with Crippen molar-refractivity contribution in [3.05, 3.63) is 16.3 Å². The van der Waals surface area contributed by atoms with Crippen LogP contribution in [0.15, 0.2) is 11.4 Å². The normalized spacial score (nSPS) is 10.2. The average molecular weight is 367 g/mol. The Morgan fingerprint density at radius 3 is 2.88 bits per heavy atom. The minimum Gasteiger partial charge on any atom is -0.495 e. The maximum absolute atomic E-state index is 11.8. The Kier molecular flexibility index (Phi) is 7.59. The summed E-state index contributed by atoms with van der Waals surface area (Å²) in [7, 11) is 1.59. The third-order valence-electron chi connectivity index (χ3n) is 2.40. The first-order valence-corrected chi connectivity index (χ1v) is 8.15. The lowest BCUT2D eigenvalue weighted by Crippen LogP contribution is -2.23. The van der Waals surface area contributed by atoms with Crippen molar-refractivity contribution in [2.45, 2.75) is 25.7 Å². The molecule has 0 radical (unpaired) electrons. The molecule has 3 nitrogen and oxygen atoms in total. The Balaban J connectivity index is 2.21. The van der Waals surface area contributed by atoms with Gasteiger partial charge in [-0.25, -0.2) is 0 Å². The van der Waals surface area contributed by atoms with Crippen molar-refractivity contribution in [2.24, 2.45) is 0 Å². The number of hydrogen-bond acceptors (Lipinski definition) is 3. The van der Waals surface area contributed by atoms with E-state index in [1.54, 1.807) is 7.11 Å². The van der Waals surface area contributed by atoms with Gasteiger partial charge in [0.1, 0.15) is 10.6 Å². The van der Waals surface area contributed by atoms with Gasteiger partial charge in [-0.3, -0.25) is 4.79 Å². The summed E-state index contributed by atoms with van der Waals surface area (Å²) >= 11 is 3.81. The van der Waals surface area contributed by atoms with Gasteiger partial charge in [-0.15, -0.1) is 11.3 Å². The Morgan fingerprint density at radius 1 is 1.41 bits per heavy atom. The minimum atomic E-state index is -0.0225. The molecule has 0 aliphatic rings. The number of carbonyl (C=O) groups excluding carboxylic acids is 1. The van der Waals surface area contributed by atoms with E-state index in [1.165, 1.54) is 35.0 Å². The molecule has 1 rings (SSSR count). The second kappa shape index (κ2) is 8.74. The molecule has 1 amide bonds. The van der Waals surface area contributed by atoms with E-state index in [9.17, 15) is 4.79 Å². The number of hydrogen-bond donors (Lipinski definition) is 1. The fourth-order valence-corrected chi connectivity index (χ4v) is 2.79. The summed E-state index contributed by atoms with van der Waals surface area (Å²) in [5, 5.41) is 4.80. The highest BCUT2D eigenvalue weighted by Gasteiger charge is 2.12. The van der Waals surface area contributed by atoms with Crippen molar-refractivity contribution in [1.82, 2.24) is 5.32 Å². The van der Waals surface area contributed by atoms with E-state index in [2.05, 4.69) is 27.9 Å². The third-order valence-corrected chi connectivity index (χ3v) is 4.06. The van der Waals surface area contributed by atoms with Crippen LogP contribution >= 0.6 is 33.9 Å². The molecule has 5 heteroatoms. The average Bonchev–Trinajstić information content (AvgIpc) is 2.81.